The highest BCUT2D eigenvalue weighted by atomic mass is 16.5. The maximum atomic E-state index is 4.89. The van der Waals surface area contributed by atoms with Crippen molar-refractivity contribution in [2.75, 3.05) is 7.05 Å². The van der Waals surface area contributed by atoms with Crippen LogP contribution in [0.3, 0.4) is 0 Å². The Morgan fingerprint density at radius 1 is 1.60 bits per heavy atom. The molecule has 1 aromatic heterocycles. The Morgan fingerprint density at radius 2 is 2.30 bits per heavy atom. The quantitative estimate of drug-likeness (QED) is 0.657. The molecule has 1 atom stereocenters. The van der Waals surface area contributed by atoms with Crippen LogP contribution >= 0.6 is 0 Å². The minimum absolute atomic E-state index is 0.140. The lowest BCUT2D eigenvalue weighted by molar-refractivity contribution is 0.344. The summed E-state index contributed by atoms with van der Waals surface area (Å²) in [6.07, 6.45) is 0. The molecule has 0 radical (unpaired) electrons. The second-order valence-electron chi connectivity index (χ2n) is 2.19. The van der Waals surface area contributed by atoms with Gasteiger partial charge in [0.2, 0.25) is 5.89 Å². The van der Waals surface area contributed by atoms with Gasteiger partial charge in [0.05, 0.1) is 6.04 Å². The van der Waals surface area contributed by atoms with Crippen LogP contribution in [-0.2, 0) is 0 Å². The number of nitrogens with one attached hydrogen (secondary N) is 1. The van der Waals surface area contributed by atoms with Crippen LogP contribution in [0.2, 0.25) is 0 Å². The van der Waals surface area contributed by atoms with Crippen LogP contribution in [0.1, 0.15) is 24.7 Å². The van der Waals surface area contributed by atoms with E-state index in [2.05, 4.69) is 15.5 Å². The van der Waals surface area contributed by atoms with Crippen molar-refractivity contribution in [3.63, 3.8) is 0 Å². The second-order valence-corrected chi connectivity index (χ2v) is 2.19. The first-order valence-corrected chi connectivity index (χ1v) is 3.21. The lowest BCUT2D eigenvalue weighted by Gasteiger charge is -2.00. The molecule has 0 bridgehead atoms. The molecule has 0 aromatic carbocycles. The van der Waals surface area contributed by atoms with Crippen LogP contribution in [-0.4, -0.2) is 17.2 Å². The normalized spacial score (nSPS) is 13.5. The number of hydrogen-bond donors (Lipinski definition) is 1. The van der Waals surface area contributed by atoms with E-state index in [4.69, 9.17) is 4.52 Å². The molecule has 0 aliphatic carbocycles. The molecular formula is C6H11N3O. The number of hydrogen-bond acceptors (Lipinski definition) is 4. The summed E-state index contributed by atoms with van der Waals surface area (Å²) < 4.78 is 4.89. The number of rotatable bonds is 2. The maximum Gasteiger partial charge on any atom is 0.243 e. The molecule has 10 heavy (non-hydrogen) atoms. The van der Waals surface area contributed by atoms with Crippen molar-refractivity contribution in [3.8, 4) is 0 Å². The van der Waals surface area contributed by atoms with Crippen LogP contribution in [0.25, 0.3) is 0 Å². The molecule has 0 fully saturated rings. The molecule has 4 nitrogen and oxygen atoms in total. The third kappa shape index (κ3) is 1.33. The zero-order valence-electron chi connectivity index (χ0n) is 6.38. The first kappa shape index (κ1) is 7.21. The topological polar surface area (TPSA) is 51.0 Å². The molecule has 0 aliphatic heterocycles. The summed E-state index contributed by atoms with van der Waals surface area (Å²) in [4.78, 5) is 4.04. The predicted molar refractivity (Wildman–Crippen MR) is 36.5 cm³/mol. The maximum absolute atomic E-state index is 4.89. The van der Waals surface area contributed by atoms with Crippen molar-refractivity contribution in [2.45, 2.75) is 19.9 Å². The van der Waals surface area contributed by atoms with Crippen LogP contribution in [0.5, 0.6) is 0 Å². The molecule has 1 N–H and O–H groups in total. The fourth-order valence-corrected chi connectivity index (χ4v) is 0.612. The molecule has 1 rings (SSSR count). The predicted octanol–water partition coefficient (Wildman–Crippen LogP) is 0.658. The van der Waals surface area contributed by atoms with Gasteiger partial charge < -0.3 is 9.84 Å². The van der Waals surface area contributed by atoms with Gasteiger partial charge >= 0.3 is 0 Å². The average molecular weight is 141 g/mol. The summed E-state index contributed by atoms with van der Waals surface area (Å²) in [5.74, 6) is 1.32. The Kier molecular flexibility index (Phi) is 2.01. The molecule has 0 spiro atoms. The highest BCUT2D eigenvalue weighted by Crippen LogP contribution is 2.06. The van der Waals surface area contributed by atoms with E-state index in [1.165, 1.54) is 0 Å². The molecule has 0 saturated carbocycles. The Bertz CT molecular complexity index is 209. The van der Waals surface area contributed by atoms with Crippen molar-refractivity contribution in [1.29, 1.82) is 0 Å². The standard InChI is InChI=1S/C6H11N3O/c1-4(7-3)6-8-5(2)9-10-6/h4,7H,1-3H3. The van der Waals surface area contributed by atoms with E-state index in [1.54, 1.807) is 6.92 Å². The monoisotopic (exact) mass is 141 g/mol. The molecule has 56 valence electrons. The van der Waals surface area contributed by atoms with E-state index in [9.17, 15) is 0 Å². The van der Waals surface area contributed by atoms with Gasteiger partial charge in [-0.2, -0.15) is 4.98 Å². The fraction of sp³-hybridized carbons (Fsp3) is 0.667. The first-order chi connectivity index (χ1) is 4.74. The third-order valence-electron chi connectivity index (χ3n) is 1.35. The third-order valence-corrected chi connectivity index (χ3v) is 1.35. The van der Waals surface area contributed by atoms with Crippen LogP contribution in [0.4, 0.5) is 0 Å². The van der Waals surface area contributed by atoms with E-state index in [-0.39, 0.29) is 6.04 Å². The lowest BCUT2D eigenvalue weighted by Crippen LogP contribution is -2.12. The molecular weight excluding hydrogens is 130 g/mol. The van der Waals surface area contributed by atoms with Gasteiger partial charge in [0, 0.05) is 0 Å². The minimum atomic E-state index is 0.140. The summed E-state index contributed by atoms with van der Waals surface area (Å²) in [6.45, 7) is 3.77. The van der Waals surface area contributed by atoms with Gasteiger partial charge in [0.1, 0.15) is 0 Å². The van der Waals surface area contributed by atoms with Crippen molar-refractivity contribution < 1.29 is 4.52 Å². The Hall–Kier alpha value is -0.900. The smallest absolute Gasteiger partial charge is 0.243 e. The van der Waals surface area contributed by atoms with E-state index in [0.29, 0.717) is 11.7 Å². The van der Waals surface area contributed by atoms with Gasteiger partial charge in [0.15, 0.2) is 5.82 Å². The van der Waals surface area contributed by atoms with Crippen LogP contribution in [0, 0.1) is 6.92 Å². The number of aryl methyl sites for hydroxylation is 1. The first-order valence-electron chi connectivity index (χ1n) is 3.21. The molecule has 0 aliphatic rings. The van der Waals surface area contributed by atoms with Crippen molar-refractivity contribution >= 4 is 0 Å². The van der Waals surface area contributed by atoms with Gasteiger partial charge in [-0.05, 0) is 20.9 Å². The summed E-state index contributed by atoms with van der Waals surface area (Å²) >= 11 is 0. The van der Waals surface area contributed by atoms with E-state index in [0.717, 1.165) is 0 Å². The van der Waals surface area contributed by atoms with Crippen LogP contribution < -0.4 is 5.32 Å². The van der Waals surface area contributed by atoms with Crippen LogP contribution in [0.15, 0.2) is 4.52 Å². The zero-order valence-corrected chi connectivity index (χ0v) is 6.38. The molecule has 1 aromatic rings. The van der Waals surface area contributed by atoms with Gasteiger partial charge in [-0.15, -0.1) is 0 Å². The molecule has 0 saturated heterocycles. The number of nitrogens with zero attached hydrogens (tertiary/aromatic N) is 2. The highest BCUT2D eigenvalue weighted by Gasteiger charge is 2.08. The summed E-state index contributed by atoms with van der Waals surface area (Å²) in [6, 6.07) is 0.140. The van der Waals surface area contributed by atoms with Crippen molar-refractivity contribution in [1.82, 2.24) is 15.5 Å². The Labute approximate surface area is 59.6 Å². The average Bonchev–Trinajstić information content (AvgIpc) is 2.34. The van der Waals surface area contributed by atoms with Gasteiger partial charge in [-0.1, -0.05) is 5.16 Å². The molecule has 0 amide bonds. The van der Waals surface area contributed by atoms with E-state index in [1.807, 2.05) is 14.0 Å². The largest absolute Gasteiger partial charge is 0.338 e. The Morgan fingerprint density at radius 3 is 2.70 bits per heavy atom. The van der Waals surface area contributed by atoms with Gasteiger partial charge in [0.25, 0.3) is 0 Å². The summed E-state index contributed by atoms with van der Waals surface area (Å²) in [5.41, 5.74) is 0. The summed E-state index contributed by atoms with van der Waals surface area (Å²) in [7, 11) is 1.85. The van der Waals surface area contributed by atoms with Gasteiger partial charge in [-0.25, -0.2) is 0 Å². The second kappa shape index (κ2) is 2.79. The molecule has 1 unspecified atom stereocenters. The summed E-state index contributed by atoms with van der Waals surface area (Å²) in [5, 5.41) is 6.66. The van der Waals surface area contributed by atoms with E-state index >= 15 is 0 Å². The van der Waals surface area contributed by atoms with Crippen molar-refractivity contribution in [3.05, 3.63) is 11.7 Å². The fourth-order valence-electron chi connectivity index (χ4n) is 0.612. The number of aromatic nitrogens is 2. The molecule has 1 heterocycles. The lowest BCUT2D eigenvalue weighted by atomic mass is 10.3. The minimum Gasteiger partial charge on any atom is -0.338 e. The SMILES string of the molecule is CNC(C)c1nc(C)no1. The zero-order chi connectivity index (χ0) is 7.56. The highest BCUT2D eigenvalue weighted by molar-refractivity contribution is 4.88. The van der Waals surface area contributed by atoms with Gasteiger partial charge in [-0.3, -0.25) is 0 Å². The van der Waals surface area contributed by atoms with E-state index < -0.39 is 0 Å². The Balaban J connectivity index is 2.74. The molecule has 4 heteroatoms. The van der Waals surface area contributed by atoms with Crippen molar-refractivity contribution in [2.24, 2.45) is 0 Å².